The third-order valence-corrected chi connectivity index (χ3v) is 3.92. The highest BCUT2D eigenvalue weighted by molar-refractivity contribution is 6.04. The first-order chi connectivity index (χ1) is 13.2. The van der Waals surface area contributed by atoms with Crippen LogP contribution in [0.2, 0.25) is 0 Å². The topological polar surface area (TPSA) is 87.0 Å². The Morgan fingerprint density at radius 3 is 2.81 bits per heavy atom. The second-order valence-corrected chi connectivity index (χ2v) is 5.74. The third-order valence-electron chi connectivity index (χ3n) is 3.92. The van der Waals surface area contributed by atoms with Crippen molar-refractivity contribution in [1.29, 1.82) is 5.26 Å². The van der Waals surface area contributed by atoms with Gasteiger partial charge in [-0.1, -0.05) is 24.3 Å². The summed E-state index contributed by atoms with van der Waals surface area (Å²) in [7, 11) is 1.63. The zero-order valence-corrected chi connectivity index (χ0v) is 14.8. The highest BCUT2D eigenvalue weighted by atomic mass is 16.5. The summed E-state index contributed by atoms with van der Waals surface area (Å²) in [5, 5.41) is 14.9. The number of para-hydroxylation sites is 1. The molecule has 0 aliphatic heterocycles. The number of nitrogens with zero attached hydrogens (tertiary/aromatic N) is 2. The molecule has 0 aliphatic carbocycles. The second-order valence-electron chi connectivity index (χ2n) is 5.74. The first-order valence-corrected chi connectivity index (χ1v) is 8.33. The van der Waals surface area contributed by atoms with E-state index in [0.717, 1.165) is 11.3 Å². The van der Waals surface area contributed by atoms with E-state index >= 15 is 0 Å². The summed E-state index contributed by atoms with van der Waals surface area (Å²) >= 11 is 0. The highest BCUT2D eigenvalue weighted by Gasteiger charge is 2.09. The lowest BCUT2D eigenvalue weighted by molar-refractivity contribution is 0.102. The highest BCUT2D eigenvalue weighted by Crippen LogP contribution is 2.19. The summed E-state index contributed by atoms with van der Waals surface area (Å²) in [6.07, 6.45) is 1.57. The molecule has 0 unspecified atom stereocenters. The number of anilines is 2. The van der Waals surface area contributed by atoms with Crippen LogP contribution in [0.4, 0.5) is 11.5 Å². The van der Waals surface area contributed by atoms with Gasteiger partial charge in [-0.25, -0.2) is 4.98 Å². The van der Waals surface area contributed by atoms with E-state index in [4.69, 9.17) is 10.00 Å². The van der Waals surface area contributed by atoms with Crippen molar-refractivity contribution in [2.45, 2.75) is 6.54 Å². The SMILES string of the molecule is COc1ccccc1CNc1cc(C(=O)Nc2cccc(C#N)c2)ccn1. The second kappa shape index (κ2) is 8.50. The summed E-state index contributed by atoms with van der Waals surface area (Å²) in [6.45, 7) is 0.520. The third kappa shape index (κ3) is 4.61. The fourth-order valence-electron chi connectivity index (χ4n) is 2.57. The van der Waals surface area contributed by atoms with Gasteiger partial charge in [0, 0.05) is 29.6 Å². The average molecular weight is 358 g/mol. The van der Waals surface area contributed by atoms with Crippen molar-refractivity contribution >= 4 is 17.4 Å². The van der Waals surface area contributed by atoms with Gasteiger partial charge in [0.2, 0.25) is 0 Å². The Balaban J connectivity index is 1.69. The predicted molar refractivity (Wildman–Crippen MR) is 104 cm³/mol. The molecule has 6 heteroatoms. The van der Waals surface area contributed by atoms with Gasteiger partial charge >= 0.3 is 0 Å². The predicted octanol–water partition coefficient (Wildman–Crippen LogP) is 3.83. The van der Waals surface area contributed by atoms with Crippen molar-refractivity contribution in [2.24, 2.45) is 0 Å². The molecular weight excluding hydrogens is 340 g/mol. The van der Waals surface area contributed by atoms with E-state index in [1.54, 1.807) is 49.7 Å². The van der Waals surface area contributed by atoms with E-state index in [0.29, 0.717) is 29.2 Å². The van der Waals surface area contributed by atoms with E-state index in [1.165, 1.54) is 0 Å². The van der Waals surface area contributed by atoms with E-state index in [-0.39, 0.29) is 5.91 Å². The minimum absolute atomic E-state index is 0.271. The lowest BCUT2D eigenvalue weighted by Gasteiger charge is -2.11. The smallest absolute Gasteiger partial charge is 0.255 e. The van der Waals surface area contributed by atoms with Crippen LogP contribution in [-0.4, -0.2) is 18.0 Å². The summed E-state index contributed by atoms with van der Waals surface area (Å²) in [5.41, 5.74) is 2.51. The van der Waals surface area contributed by atoms with Gasteiger partial charge in [0.1, 0.15) is 11.6 Å². The Labute approximate surface area is 157 Å². The minimum atomic E-state index is -0.271. The van der Waals surface area contributed by atoms with E-state index in [2.05, 4.69) is 15.6 Å². The number of nitriles is 1. The van der Waals surface area contributed by atoms with Crippen molar-refractivity contribution in [3.8, 4) is 11.8 Å². The van der Waals surface area contributed by atoms with Crippen molar-refractivity contribution in [1.82, 2.24) is 4.98 Å². The van der Waals surface area contributed by atoms with Crippen molar-refractivity contribution in [3.63, 3.8) is 0 Å². The van der Waals surface area contributed by atoms with Crippen LogP contribution < -0.4 is 15.4 Å². The van der Waals surface area contributed by atoms with Gasteiger partial charge in [-0.15, -0.1) is 0 Å². The number of carbonyl (C=O) groups is 1. The fourth-order valence-corrected chi connectivity index (χ4v) is 2.57. The number of nitrogens with one attached hydrogen (secondary N) is 2. The molecule has 3 rings (SSSR count). The maximum atomic E-state index is 12.5. The molecule has 1 aromatic heterocycles. The number of hydrogen-bond acceptors (Lipinski definition) is 5. The Morgan fingerprint density at radius 2 is 2.00 bits per heavy atom. The van der Waals surface area contributed by atoms with Gasteiger partial charge in [0.05, 0.1) is 18.7 Å². The Kier molecular flexibility index (Phi) is 5.65. The van der Waals surface area contributed by atoms with Gasteiger partial charge in [0.25, 0.3) is 5.91 Å². The number of aromatic nitrogens is 1. The molecule has 0 fully saturated rings. The molecule has 0 atom stereocenters. The van der Waals surface area contributed by atoms with Crippen LogP contribution in [0.5, 0.6) is 5.75 Å². The van der Waals surface area contributed by atoms with Gasteiger partial charge in [-0.3, -0.25) is 4.79 Å². The van der Waals surface area contributed by atoms with Gasteiger partial charge in [-0.2, -0.15) is 5.26 Å². The summed E-state index contributed by atoms with van der Waals surface area (Å²) in [4.78, 5) is 16.7. The van der Waals surface area contributed by atoms with Crippen LogP contribution in [0.3, 0.4) is 0 Å². The summed E-state index contributed by atoms with van der Waals surface area (Å²) < 4.78 is 5.33. The van der Waals surface area contributed by atoms with E-state index in [1.807, 2.05) is 30.3 Å². The molecule has 27 heavy (non-hydrogen) atoms. The summed E-state index contributed by atoms with van der Waals surface area (Å²) in [6, 6.07) is 19.8. The van der Waals surface area contributed by atoms with Gasteiger partial charge < -0.3 is 15.4 Å². The van der Waals surface area contributed by atoms with Crippen molar-refractivity contribution in [3.05, 3.63) is 83.6 Å². The van der Waals surface area contributed by atoms with Crippen LogP contribution in [0, 0.1) is 11.3 Å². The lowest BCUT2D eigenvalue weighted by Crippen LogP contribution is -2.13. The number of amides is 1. The standard InChI is InChI=1S/C21H18N4O2/c1-27-19-8-3-2-6-17(19)14-24-20-12-16(9-10-23-20)21(26)25-18-7-4-5-15(11-18)13-22/h2-12H,14H2,1H3,(H,23,24)(H,25,26). The summed E-state index contributed by atoms with van der Waals surface area (Å²) in [5.74, 6) is 1.10. The molecule has 2 N–H and O–H groups in total. The first-order valence-electron chi connectivity index (χ1n) is 8.33. The normalized spacial score (nSPS) is 9.93. The van der Waals surface area contributed by atoms with Crippen LogP contribution >= 0.6 is 0 Å². The molecule has 2 aromatic carbocycles. The van der Waals surface area contributed by atoms with Crippen LogP contribution in [0.15, 0.2) is 66.9 Å². The monoisotopic (exact) mass is 358 g/mol. The molecule has 0 spiro atoms. The zero-order valence-electron chi connectivity index (χ0n) is 14.8. The van der Waals surface area contributed by atoms with E-state index < -0.39 is 0 Å². The average Bonchev–Trinajstić information content (AvgIpc) is 2.72. The van der Waals surface area contributed by atoms with E-state index in [9.17, 15) is 4.79 Å². The Morgan fingerprint density at radius 1 is 1.15 bits per heavy atom. The Bertz CT molecular complexity index is 995. The zero-order chi connectivity index (χ0) is 19.1. The van der Waals surface area contributed by atoms with Crippen LogP contribution in [0.25, 0.3) is 0 Å². The molecule has 1 amide bonds. The number of benzene rings is 2. The molecule has 0 aliphatic rings. The maximum Gasteiger partial charge on any atom is 0.255 e. The molecule has 1 heterocycles. The molecular formula is C21H18N4O2. The number of pyridine rings is 1. The lowest BCUT2D eigenvalue weighted by atomic mass is 10.2. The quantitative estimate of drug-likeness (QED) is 0.699. The number of ether oxygens (including phenoxy) is 1. The fraction of sp³-hybridized carbons (Fsp3) is 0.0952. The molecule has 0 saturated heterocycles. The van der Waals surface area contributed by atoms with Gasteiger partial charge in [0.15, 0.2) is 0 Å². The maximum absolute atomic E-state index is 12.5. The number of hydrogen-bond donors (Lipinski definition) is 2. The van der Waals surface area contributed by atoms with Crippen LogP contribution in [-0.2, 0) is 6.54 Å². The van der Waals surface area contributed by atoms with Crippen LogP contribution in [0.1, 0.15) is 21.5 Å². The number of rotatable bonds is 6. The molecule has 0 radical (unpaired) electrons. The van der Waals surface area contributed by atoms with Crippen molar-refractivity contribution < 1.29 is 9.53 Å². The molecule has 0 bridgehead atoms. The molecule has 134 valence electrons. The Hall–Kier alpha value is -3.85. The largest absolute Gasteiger partial charge is 0.496 e. The molecule has 0 saturated carbocycles. The number of methoxy groups -OCH3 is 1. The molecule has 3 aromatic rings. The molecule has 6 nitrogen and oxygen atoms in total. The van der Waals surface area contributed by atoms with Gasteiger partial charge in [-0.05, 0) is 36.4 Å². The number of carbonyl (C=O) groups excluding carboxylic acids is 1. The van der Waals surface area contributed by atoms with Crippen molar-refractivity contribution in [2.75, 3.05) is 17.7 Å². The first kappa shape index (κ1) is 18.0. The minimum Gasteiger partial charge on any atom is -0.496 e.